The highest BCUT2D eigenvalue weighted by atomic mass is 32.2. The van der Waals surface area contributed by atoms with Crippen LogP contribution in [0, 0.1) is 0 Å². The van der Waals surface area contributed by atoms with Gasteiger partial charge in [-0.15, -0.1) is 0 Å². The molecule has 0 saturated heterocycles. The van der Waals surface area contributed by atoms with Gasteiger partial charge in [-0.05, 0) is 20.1 Å². The van der Waals surface area contributed by atoms with Gasteiger partial charge in [-0.1, -0.05) is 0 Å². The summed E-state index contributed by atoms with van der Waals surface area (Å²) in [6, 6.07) is 0. The number of carbonyl (C=O) groups is 2. The van der Waals surface area contributed by atoms with Crippen molar-refractivity contribution in [3.8, 4) is 0 Å². The minimum absolute atomic E-state index is 0.0885. The van der Waals surface area contributed by atoms with E-state index < -0.39 is 11.9 Å². The third kappa shape index (κ3) is 3.48. The van der Waals surface area contributed by atoms with Crippen LogP contribution >= 0.6 is 11.8 Å². The maximum atomic E-state index is 11.7. The Kier molecular flexibility index (Phi) is 4.17. The van der Waals surface area contributed by atoms with Gasteiger partial charge in [0.2, 0.25) is 0 Å². The topological polar surface area (TPSA) is 95.1 Å². The van der Waals surface area contributed by atoms with Gasteiger partial charge >= 0.3 is 5.97 Å². The molecular formula is C10H15N3O3S. The summed E-state index contributed by atoms with van der Waals surface area (Å²) in [5, 5.41) is 11.5. The molecule has 0 spiro atoms. The van der Waals surface area contributed by atoms with Crippen molar-refractivity contribution < 1.29 is 14.7 Å². The van der Waals surface area contributed by atoms with Gasteiger partial charge in [0.25, 0.3) is 5.91 Å². The molecule has 1 aromatic rings. The largest absolute Gasteiger partial charge is 0.477 e. The molecule has 0 unspecified atom stereocenters. The number of carboxylic acids is 1. The van der Waals surface area contributed by atoms with Gasteiger partial charge in [-0.3, -0.25) is 4.79 Å². The molecule has 7 heteroatoms. The summed E-state index contributed by atoms with van der Waals surface area (Å²) in [7, 11) is 0. The lowest BCUT2D eigenvalue weighted by atomic mass is 10.2. The fraction of sp³-hybridized carbons (Fsp3) is 0.500. The van der Waals surface area contributed by atoms with Crippen molar-refractivity contribution in [2.75, 3.05) is 12.8 Å². The molecule has 94 valence electrons. The van der Waals surface area contributed by atoms with E-state index in [1.165, 1.54) is 6.33 Å². The molecule has 0 saturated carbocycles. The number of carboxylic acid groups (broad SMARTS) is 1. The first-order valence-corrected chi connectivity index (χ1v) is 6.20. The van der Waals surface area contributed by atoms with Gasteiger partial charge in [0, 0.05) is 11.3 Å². The molecule has 3 N–H and O–H groups in total. The van der Waals surface area contributed by atoms with E-state index in [9.17, 15) is 9.59 Å². The summed E-state index contributed by atoms with van der Waals surface area (Å²) in [4.78, 5) is 28.6. The van der Waals surface area contributed by atoms with Gasteiger partial charge in [0.1, 0.15) is 0 Å². The van der Waals surface area contributed by atoms with Crippen molar-refractivity contribution in [2.24, 2.45) is 0 Å². The van der Waals surface area contributed by atoms with Crippen molar-refractivity contribution in [2.45, 2.75) is 18.6 Å². The first kappa shape index (κ1) is 13.6. The Balaban J connectivity index is 2.71. The van der Waals surface area contributed by atoms with E-state index in [-0.39, 0.29) is 16.1 Å². The maximum absolute atomic E-state index is 11.7. The van der Waals surface area contributed by atoms with Crippen LogP contribution in [0.25, 0.3) is 0 Å². The molecule has 0 atom stereocenters. The number of H-pyrrole nitrogens is 1. The number of carbonyl (C=O) groups excluding carboxylic acids is 1. The molecular weight excluding hydrogens is 242 g/mol. The normalized spacial score (nSPS) is 11.2. The highest BCUT2D eigenvalue weighted by Gasteiger charge is 2.22. The van der Waals surface area contributed by atoms with Crippen molar-refractivity contribution in [3.05, 3.63) is 17.7 Å². The lowest BCUT2D eigenvalue weighted by Gasteiger charge is -2.21. The Labute approximate surface area is 103 Å². The van der Waals surface area contributed by atoms with E-state index in [1.807, 2.05) is 20.1 Å². The van der Waals surface area contributed by atoms with Crippen molar-refractivity contribution in [1.82, 2.24) is 15.3 Å². The summed E-state index contributed by atoms with van der Waals surface area (Å²) >= 11 is 1.62. The number of aromatic nitrogens is 2. The number of nitrogens with one attached hydrogen (secondary N) is 2. The summed E-state index contributed by atoms with van der Waals surface area (Å²) in [6.07, 6.45) is 3.14. The fourth-order valence-corrected chi connectivity index (χ4v) is 1.30. The molecule has 0 bridgehead atoms. The molecule has 0 aliphatic carbocycles. The van der Waals surface area contributed by atoms with E-state index in [4.69, 9.17) is 5.11 Å². The van der Waals surface area contributed by atoms with Crippen molar-refractivity contribution >= 4 is 23.6 Å². The van der Waals surface area contributed by atoms with Crippen LogP contribution in [0.5, 0.6) is 0 Å². The quantitative estimate of drug-likeness (QED) is 0.731. The second-order valence-electron chi connectivity index (χ2n) is 4.08. The molecule has 0 aliphatic rings. The zero-order valence-corrected chi connectivity index (χ0v) is 10.7. The number of aromatic amines is 1. The third-order valence-corrected chi connectivity index (χ3v) is 3.55. The average Bonchev–Trinajstić information content (AvgIpc) is 2.75. The van der Waals surface area contributed by atoms with Crippen LogP contribution in [0.3, 0.4) is 0 Å². The Morgan fingerprint density at radius 1 is 1.59 bits per heavy atom. The van der Waals surface area contributed by atoms with Gasteiger partial charge in [0.05, 0.1) is 6.33 Å². The predicted molar refractivity (Wildman–Crippen MR) is 65.5 cm³/mol. The van der Waals surface area contributed by atoms with Crippen molar-refractivity contribution in [1.29, 1.82) is 0 Å². The molecule has 0 aromatic carbocycles. The molecule has 1 amide bonds. The molecule has 0 radical (unpaired) electrons. The van der Waals surface area contributed by atoms with Gasteiger partial charge < -0.3 is 15.4 Å². The number of imidazole rings is 1. The molecule has 6 nitrogen and oxygen atoms in total. The first-order valence-electron chi connectivity index (χ1n) is 4.97. The van der Waals surface area contributed by atoms with Crippen LogP contribution in [0.15, 0.2) is 6.33 Å². The van der Waals surface area contributed by atoms with E-state index in [0.29, 0.717) is 6.54 Å². The van der Waals surface area contributed by atoms with Crippen LogP contribution in [0.1, 0.15) is 34.8 Å². The van der Waals surface area contributed by atoms with Crippen LogP contribution in [0.2, 0.25) is 0 Å². The zero-order chi connectivity index (χ0) is 13.1. The summed E-state index contributed by atoms with van der Waals surface area (Å²) in [6.45, 7) is 4.42. The Hall–Kier alpha value is -1.50. The predicted octanol–water partition coefficient (Wildman–Crippen LogP) is 0.979. The molecule has 1 rings (SSSR count). The van der Waals surface area contributed by atoms with Crippen molar-refractivity contribution in [3.63, 3.8) is 0 Å². The monoisotopic (exact) mass is 257 g/mol. The second kappa shape index (κ2) is 5.22. The van der Waals surface area contributed by atoms with Gasteiger partial charge in [-0.25, -0.2) is 9.78 Å². The number of rotatable bonds is 5. The first-order chi connectivity index (χ1) is 7.87. The minimum atomic E-state index is -1.20. The molecule has 1 aromatic heterocycles. The van der Waals surface area contributed by atoms with Crippen LogP contribution < -0.4 is 5.32 Å². The lowest BCUT2D eigenvalue weighted by Crippen LogP contribution is -2.36. The smallest absolute Gasteiger partial charge is 0.354 e. The molecule has 17 heavy (non-hydrogen) atoms. The summed E-state index contributed by atoms with van der Waals surface area (Å²) < 4.78 is -0.102. The van der Waals surface area contributed by atoms with Crippen LogP contribution in [-0.4, -0.2) is 44.5 Å². The Morgan fingerprint density at radius 3 is 2.76 bits per heavy atom. The van der Waals surface area contributed by atoms with E-state index >= 15 is 0 Å². The third-order valence-electron chi connectivity index (χ3n) is 2.30. The fourth-order valence-electron chi connectivity index (χ4n) is 1.08. The highest BCUT2D eigenvalue weighted by molar-refractivity contribution is 7.99. The number of aromatic carboxylic acids is 1. The highest BCUT2D eigenvalue weighted by Crippen LogP contribution is 2.19. The lowest BCUT2D eigenvalue weighted by molar-refractivity contribution is 0.0685. The molecule has 1 heterocycles. The Morgan fingerprint density at radius 2 is 2.24 bits per heavy atom. The molecule has 0 aliphatic heterocycles. The van der Waals surface area contributed by atoms with E-state index in [0.717, 1.165) is 0 Å². The summed E-state index contributed by atoms with van der Waals surface area (Å²) in [5.74, 6) is -1.68. The van der Waals surface area contributed by atoms with E-state index in [1.54, 1.807) is 11.8 Å². The van der Waals surface area contributed by atoms with Gasteiger partial charge in [0.15, 0.2) is 11.4 Å². The SMILES string of the molecule is CSC(C)(C)CNC(=O)c1nc[nH]c1C(=O)O. The van der Waals surface area contributed by atoms with Crippen LogP contribution in [0.4, 0.5) is 0 Å². The van der Waals surface area contributed by atoms with E-state index in [2.05, 4.69) is 15.3 Å². The van der Waals surface area contributed by atoms with Gasteiger partial charge in [-0.2, -0.15) is 11.8 Å². The second-order valence-corrected chi connectivity index (χ2v) is 5.59. The Bertz CT molecular complexity index is 428. The molecule has 0 fully saturated rings. The number of amides is 1. The number of thioether (sulfide) groups is 1. The number of hydrogen-bond acceptors (Lipinski definition) is 4. The standard InChI is InChI=1S/C10H15N3O3S/c1-10(2,17-3)4-11-8(14)6-7(9(15)16)13-5-12-6/h5H,4H2,1-3H3,(H,11,14)(H,12,13)(H,15,16). The maximum Gasteiger partial charge on any atom is 0.354 e. The average molecular weight is 257 g/mol. The number of nitrogens with zero attached hydrogens (tertiary/aromatic N) is 1. The van der Waals surface area contributed by atoms with Crippen LogP contribution in [-0.2, 0) is 0 Å². The minimum Gasteiger partial charge on any atom is -0.477 e. The summed E-state index contributed by atoms with van der Waals surface area (Å²) in [5.41, 5.74) is -0.279. The zero-order valence-electron chi connectivity index (χ0n) is 9.90. The number of hydrogen-bond donors (Lipinski definition) is 3.